The van der Waals surface area contributed by atoms with E-state index in [9.17, 15) is 14.9 Å². The number of halogens is 1. The molecule has 1 aliphatic rings. The van der Waals surface area contributed by atoms with Gasteiger partial charge in [-0.1, -0.05) is 24.3 Å². The highest BCUT2D eigenvalue weighted by Gasteiger charge is 2.20. The van der Waals surface area contributed by atoms with Crippen LogP contribution in [0.15, 0.2) is 36.4 Å². The van der Waals surface area contributed by atoms with Crippen molar-refractivity contribution < 1.29 is 24.2 Å². The van der Waals surface area contributed by atoms with Gasteiger partial charge in [-0.2, -0.15) is 0 Å². The highest BCUT2D eigenvalue weighted by Crippen LogP contribution is 2.26. The van der Waals surface area contributed by atoms with E-state index in [4.69, 9.17) is 9.47 Å². The largest absolute Gasteiger partial charge is 0.497 e. The third kappa shape index (κ3) is 8.33. The Kier molecular flexibility index (Phi) is 11.4. The van der Waals surface area contributed by atoms with Crippen molar-refractivity contribution in [1.82, 2.24) is 4.90 Å². The summed E-state index contributed by atoms with van der Waals surface area (Å²) in [5.74, 6) is 0.914. The first kappa shape index (κ1) is 27.7. The van der Waals surface area contributed by atoms with Gasteiger partial charge in [0, 0.05) is 6.54 Å². The summed E-state index contributed by atoms with van der Waals surface area (Å²) in [5, 5.41) is 11.6. The molecule has 34 heavy (non-hydrogen) atoms. The molecule has 0 unspecified atom stereocenters. The van der Waals surface area contributed by atoms with Crippen molar-refractivity contribution in [1.29, 1.82) is 0 Å². The molecule has 1 saturated heterocycles. The number of carbonyl (C=O) groups excluding carboxylic acids is 1. The summed E-state index contributed by atoms with van der Waals surface area (Å²) < 4.78 is 10.8. The van der Waals surface area contributed by atoms with E-state index in [1.54, 1.807) is 7.11 Å². The molecule has 0 aliphatic carbocycles. The van der Waals surface area contributed by atoms with Gasteiger partial charge in [-0.05, 0) is 86.5 Å². The molecule has 9 heteroatoms. The second kappa shape index (κ2) is 14.0. The summed E-state index contributed by atoms with van der Waals surface area (Å²) in [5.41, 5.74) is 0.948. The van der Waals surface area contributed by atoms with Crippen LogP contribution in [0.3, 0.4) is 0 Å². The minimum absolute atomic E-state index is 0. The molecule has 3 rings (SSSR count). The highest BCUT2D eigenvalue weighted by molar-refractivity contribution is 5.86. The third-order valence-corrected chi connectivity index (χ3v) is 6.45. The molecule has 0 radical (unpaired) electrons. The number of esters is 1. The predicted molar refractivity (Wildman–Crippen MR) is 133 cm³/mol. The topological polar surface area (TPSA) is 91.1 Å². The monoisotopic (exact) mass is 494 g/mol. The molecule has 0 saturated carbocycles. The molecule has 1 atom stereocenters. The lowest BCUT2D eigenvalue weighted by Crippen LogP contribution is -2.35. The van der Waals surface area contributed by atoms with E-state index >= 15 is 0 Å². The third-order valence-electron chi connectivity index (χ3n) is 6.45. The Balaban J connectivity index is 0.00000408. The molecule has 8 nitrogen and oxygen atoms in total. The smallest absolute Gasteiger partial charge is 0.313 e. The van der Waals surface area contributed by atoms with Crippen molar-refractivity contribution in [3.05, 3.63) is 52.1 Å². The van der Waals surface area contributed by atoms with Crippen LogP contribution in [0.4, 0.5) is 0 Å². The number of fused-ring (bicyclic) bond motifs is 1. The number of methoxy groups -OCH3 is 1. The molecule has 1 heterocycles. The molecular formula is C25H35ClN2O6. The molecule has 0 amide bonds. The van der Waals surface area contributed by atoms with Gasteiger partial charge in [-0.15, -0.1) is 22.5 Å². The van der Waals surface area contributed by atoms with Gasteiger partial charge in [0.1, 0.15) is 5.75 Å². The molecular weight excluding hydrogens is 460 g/mol. The van der Waals surface area contributed by atoms with E-state index in [2.05, 4.69) is 9.74 Å². The normalized spacial score (nSPS) is 15.4. The molecule has 2 aromatic carbocycles. The van der Waals surface area contributed by atoms with Gasteiger partial charge in [0.25, 0.3) is 5.09 Å². The number of likely N-dealkylation sites (tertiary alicyclic amines) is 1. The lowest BCUT2D eigenvalue weighted by Gasteiger charge is -2.31. The number of piperidine rings is 1. The van der Waals surface area contributed by atoms with E-state index < -0.39 is 5.09 Å². The van der Waals surface area contributed by atoms with Crippen LogP contribution in [0.1, 0.15) is 50.5 Å². The van der Waals surface area contributed by atoms with Gasteiger partial charge < -0.3 is 19.2 Å². The number of hydrogen-bond donors (Lipinski definition) is 0. The molecule has 0 bridgehead atoms. The number of benzene rings is 2. The number of carbonyl (C=O) groups is 1. The summed E-state index contributed by atoms with van der Waals surface area (Å²) >= 11 is 0. The second-order valence-corrected chi connectivity index (χ2v) is 8.70. The summed E-state index contributed by atoms with van der Waals surface area (Å²) in [7, 11) is 1.65. The van der Waals surface area contributed by atoms with Gasteiger partial charge >= 0.3 is 5.97 Å². The van der Waals surface area contributed by atoms with Crippen LogP contribution in [-0.2, 0) is 14.4 Å². The maximum Gasteiger partial charge on any atom is 0.313 e. The van der Waals surface area contributed by atoms with Gasteiger partial charge in [0.15, 0.2) is 0 Å². The Morgan fingerprint density at radius 1 is 1.12 bits per heavy atom. The first-order valence-corrected chi connectivity index (χ1v) is 11.7. The zero-order chi connectivity index (χ0) is 23.6. The van der Waals surface area contributed by atoms with E-state index in [-0.39, 0.29) is 30.9 Å². The van der Waals surface area contributed by atoms with Crippen LogP contribution in [0, 0.1) is 16.0 Å². The SMILES string of the molecule is COc1ccc2cc([C@H](C)C(=O)OCCCN3CCC(CCCO[N+](=O)[O-])CC3)ccc2c1.Cl. The summed E-state index contributed by atoms with van der Waals surface area (Å²) in [6.45, 7) is 5.45. The Morgan fingerprint density at radius 2 is 1.82 bits per heavy atom. The summed E-state index contributed by atoms with van der Waals surface area (Å²) in [6, 6.07) is 11.9. The van der Waals surface area contributed by atoms with Crippen molar-refractivity contribution in [3.63, 3.8) is 0 Å². The minimum atomic E-state index is -0.727. The number of hydrogen-bond acceptors (Lipinski definition) is 7. The van der Waals surface area contributed by atoms with Crippen LogP contribution in [-0.4, -0.2) is 55.9 Å². The van der Waals surface area contributed by atoms with E-state index in [1.165, 1.54) is 0 Å². The predicted octanol–water partition coefficient (Wildman–Crippen LogP) is 5.01. The van der Waals surface area contributed by atoms with Gasteiger partial charge in [-0.3, -0.25) is 4.79 Å². The van der Waals surface area contributed by atoms with Crippen LogP contribution in [0.5, 0.6) is 5.75 Å². The molecule has 1 aliphatic heterocycles. The standard InChI is InChI=1S/C25H34N2O6.ClH/c1-19(21-6-7-23-18-24(31-2)9-8-22(23)17-21)25(28)32-15-4-12-26-13-10-20(11-14-26)5-3-16-33-27(29)30;/h6-9,17-20H,3-5,10-16H2,1-2H3;1H/t19-;/m0./s1. The fourth-order valence-electron chi connectivity index (χ4n) is 4.37. The molecule has 0 aromatic heterocycles. The van der Waals surface area contributed by atoms with Crippen molar-refractivity contribution in [3.8, 4) is 5.75 Å². The van der Waals surface area contributed by atoms with Crippen LogP contribution >= 0.6 is 12.4 Å². The Morgan fingerprint density at radius 3 is 2.53 bits per heavy atom. The second-order valence-electron chi connectivity index (χ2n) is 8.70. The van der Waals surface area contributed by atoms with Gasteiger partial charge in [-0.25, -0.2) is 0 Å². The maximum absolute atomic E-state index is 12.5. The van der Waals surface area contributed by atoms with E-state index in [0.717, 1.165) is 73.8 Å². The highest BCUT2D eigenvalue weighted by atomic mass is 35.5. The number of ether oxygens (including phenoxy) is 2. The summed E-state index contributed by atoms with van der Waals surface area (Å²) in [4.78, 5) is 29.5. The van der Waals surface area contributed by atoms with E-state index in [1.807, 2.05) is 43.3 Å². The fourth-order valence-corrected chi connectivity index (χ4v) is 4.37. The van der Waals surface area contributed by atoms with Crippen molar-refractivity contribution >= 4 is 29.1 Å². The van der Waals surface area contributed by atoms with E-state index in [0.29, 0.717) is 12.5 Å². The van der Waals surface area contributed by atoms with Crippen LogP contribution in [0.25, 0.3) is 10.8 Å². The van der Waals surface area contributed by atoms with Crippen molar-refractivity contribution in [2.75, 3.05) is 40.0 Å². The lowest BCUT2D eigenvalue weighted by molar-refractivity contribution is -0.757. The van der Waals surface area contributed by atoms with Gasteiger partial charge in [0.2, 0.25) is 0 Å². The number of nitrogens with zero attached hydrogens (tertiary/aromatic N) is 2. The molecule has 1 fully saturated rings. The molecule has 0 N–H and O–H groups in total. The molecule has 2 aromatic rings. The first-order valence-electron chi connectivity index (χ1n) is 11.7. The van der Waals surface area contributed by atoms with Gasteiger partial charge in [0.05, 0.1) is 26.2 Å². The Hall–Kier alpha value is -2.58. The number of rotatable bonds is 12. The quantitative estimate of drug-likeness (QED) is 0.177. The Bertz CT molecular complexity index is 933. The fraction of sp³-hybridized carbons (Fsp3) is 0.560. The zero-order valence-corrected chi connectivity index (χ0v) is 20.8. The minimum Gasteiger partial charge on any atom is -0.497 e. The van der Waals surface area contributed by atoms with Crippen molar-refractivity contribution in [2.45, 2.75) is 44.9 Å². The lowest BCUT2D eigenvalue weighted by atomic mass is 9.92. The summed E-state index contributed by atoms with van der Waals surface area (Å²) in [6.07, 6.45) is 4.72. The van der Waals surface area contributed by atoms with Crippen LogP contribution < -0.4 is 4.74 Å². The first-order chi connectivity index (χ1) is 16.0. The molecule has 188 valence electrons. The average Bonchev–Trinajstić information content (AvgIpc) is 2.83. The van der Waals surface area contributed by atoms with Crippen LogP contribution in [0.2, 0.25) is 0 Å². The molecule has 0 spiro atoms. The Labute approximate surface area is 207 Å². The maximum atomic E-state index is 12.5. The zero-order valence-electron chi connectivity index (χ0n) is 19.9. The average molecular weight is 495 g/mol. The van der Waals surface area contributed by atoms with Crippen molar-refractivity contribution in [2.24, 2.45) is 5.92 Å².